The van der Waals surface area contributed by atoms with E-state index in [1.807, 2.05) is 0 Å². The number of carbonyl (C=O) groups is 1. The van der Waals surface area contributed by atoms with Crippen molar-refractivity contribution in [3.63, 3.8) is 0 Å². The molecule has 0 radical (unpaired) electrons. The number of likely N-dealkylation sites (tertiary alicyclic amines) is 1. The first kappa shape index (κ1) is 17.7. The normalized spacial score (nSPS) is 20.0. The molecule has 1 amide bonds. The molecule has 1 saturated heterocycles. The molecule has 0 aliphatic carbocycles. The van der Waals surface area contributed by atoms with Crippen molar-refractivity contribution >= 4 is 5.91 Å². The van der Waals surface area contributed by atoms with Gasteiger partial charge in [-0.3, -0.25) is 4.79 Å². The zero-order chi connectivity index (χ0) is 17.0. The van der Waals surface area contributed by atoms with Crippen molar-refractivity contribution in [2.24, 2.45) is 5.92 Å². The van der Waals surface area contributed by atoms with Crippen molar-refractivity contribution in [3.8, 4) is 0 Å². The predicted molar refractivity (Wildman–Crippen MR) is 75.4 cm³/mol. The lowest BCUT2D eigenvalue weighted by Gasteiger charge is -2.34. The molecule has 0 bridgehead atoms. The van der Waals surface area contributed by atoms with Gasteiger partial charge in [0.2, 0.25) is 5.91 Å². The highest BCUT2D eigenvalue weighted by Gasteiger charge is 2.38. The molecule has 2 rings (SSSR count). The third-order valence-electron chi connectivity index (χ3n) is 3.91. The quantitative estimate of drug-likeness (QED) is 0.890. The number of nitrogens with one attached hydrogen (secondary N) is 1. The molecule has 23 heavy (non-hydrogen) atoms. The van der Waals surface area contributed by atoms with E-state index in [9.17, 15) is 18.0 Å². The molecule has 0 spiro atoms. The van der Waals surface area contributed by atoms with Crippen molar-refractivity contribution in [2.75, 3.05) is 19.6 Å². The minimum absolute atomic E-state index is 0.0647. The number of carbonyl (C=O) groups excluding carboxylic acids is 1. The smallest absolute Gasteiger partial charge is 0.355 e. The molecule has 1 aromatic rings. The number of amides is 1. The molecule has 2 heterocycles. The lowest BCUT2D eigenvalue weighted by molar-refractivity contribution is -0.159. The van der Waals surface area contributed by atoms with E-state index in [4.69, 9.17) is 0 Å². The molecular formula is C14H21F3N4O2. The van der Waals surface area contributed by atoms with Crippen LogP contribution in [0.3, 0.4) is 0 Å². The first-order chi connectivity index (χ1) is 10.8. The lowest BCUT2D eigenvalue weighted by Crippen LogP contribution is -2.45. The molecule has 9 heteroatoms. The number of piperidine rings is 1. The second-order valence-corrected chi connectivity index (χ2v) is 5.98. The Morgan fingerprint density at radius 1 is 1.48 bits per heavy atom. The van der Waals surface area contributed by atoms with Gasteiger partial charge in [0, 0.05) is 25.6 Å². The molecule has 130 valence electrons. The van der Waals surface area contributed by atoms with Crippen LogP contribution in [0.2, 0.25) is 0 Å². The van der Waals surface area contributed by atoms with Crippen molar-refractivity contribution in [1.29, 1.82) is 0 Å². The SMILES string of the molecule is CC(C)N1CCCC(C(=O)NCCc2noc(C(F)(F)F)n2)C1. The Balaban J connectivity index is 1.77. The number of nitrogens with zero attached hydrogens (tertiary/aromatic N) is 3. The average Bonchev–Trinajstić information content (AvgIpc) is 2.96. The fourth-order valence-electron chi connectivity index (χ4n) is 2.60. The summed E-state index contributed by atoms with van der Waals surface area (Å²) in [6, 6.07) is 0.394. The van der Waals surface area contributed by atoms with E-state index in [0.29, 0.717) is 12.6 Å². The van der Waals surface area contributed by atoms with Crippen LogP contribution < -0.4 is 5.32 Å². The molecule has 1 N–H and O–H groups in total. The monoisotopic (exact) mass is 334 g/mol. The van der Waals surface area contributed by atoms with Crippen LogP contribution in [0.4, 0.5) is 13.2 Å². The van der Waals surface area contributed by atoms with Crippen LogP contribution in [0.25, 0.3) is 0 Å². The summed E-state index contributed by atoms with van der Waals surface area (Å²) in [6.07, 6.45) is -2.74. The molecule has 1 unspecified atom stereocenters. The highest BCUT2D eigenvalue weighted by atomic mass is 19.4. The number of hydrogen-bond acceptors (Lipinski definition) is 5. The molecule has 1 aliphatic heterocycles. The van der Waals surface area contributed by atoms with Gasteiger partial charge in [0.1, 0.15) is 0 Å². The van der Waals surface area contributed by atoms with Crippen LogP contribution in [0, 0.1) is 5.92 Å². The Morgan fingerprint density at radius 3 is 2.83 bits per heavy atom. The largest absolute Gasteiger partial charge is 0.471 e. The van der Waals surface area contributed by atoms with Gasteiger partial charge in [-0.05, 0) is 33.2 Å². The van der Waals surface area contributed by atoms with Gasteiger partial charge < -0.3 is 14.7 Å². The van der Waals surface area contributed by atoms with Gasteiger partial charge >= 0.3 is 12.1 Å². The Labute approximate surface area is 132 Å². The zero-order valence-corrected chi connectivity index (χ0v) is 13.2. The molecule has 6 nitrogen and oxygen atoms in total. The number of rotatable bonds is 5. The number of alkyl halides is 3. The van der Waals surface area contributed by atoms with Gasteiger partial charge in [-0.1, -0.05) is 5.16 Å². The maximum absolute atomic E-state index is 12.3. The predicted octanol–water partition coefficient (Wildman–Crippen LogP) is 1.87. The Kier molecular flexibility index (Phi) is 5.61. The van der Waals surface area contributed by atoms with Gasteiger partial charge in [-0.15, -0.1) is 0 Å². The summed E-state index contributed by atoms with van der Waals surface area (Å²) < 4.78 is 41.1. The van der Waals surface area contributed by atoms with Crippen LogP contribution in [-0.4, -0.2) is 46.6 Å². The van der Waals surface area contributed by atoms with Crippen LogP contribution >= 0.6 is 0 Å². The Morgan fingerprint density at radius 2 is 2.22 bits per heavy atom. The fraction of sp³-hybridized carbons (Fsp3) is 0.786. The van der Waals surface area contributed by atoms with Gasteiger partial charge in [0.05, 0.1) is 5.92 Å². The fourth-order valence-corrected chi connectivity index (χ4v) is 2.60. The van der Waals surface area contributed by atoms with E-state index < -0.39 is 12.1 Å². The van der Waals surface area contributed by atoms with Crippen molar-refractivity contribution in [1.82, 2.24) is 20.4 Å². The first-order valence-corrected chi connectivity index (χ1v) is 7.69. The highest BCUT2D eigenvalue weighted by molar-refractivity contribution is 5.78. The number of aromatic nitrogens is 2. The van der Waals surface area contributed by atoms with Crippen molar-refractivity contribution in [3.05, 3.63) is 11.7 Å². The molecular weight excluding hydrogens is 313 g/mol. The van der Waals surface area contributed by atoms with Crippen molar-refractivity contribution in [2.45, 2.75) is 45.3 Å². The van der Waals surface area contributed by atoms with E-state index in [1.165, 1.54) is 0 Å². The third-order valence-corrected chi connectivity index (χ3v) is 3.91. The van der Waals surface area contributed by atoms with Crippen LogP contribution in [0.1, 0.15) is 38.4 Å². The minimum Gasteiger partial charge on any atom is -0.355 e. The van der Waals surface area contributed by atoms with Crippen LogP contribution in [0.5, 0.6) is 0 Å². The van der Waals surface area contributed by atoms with E-state index in [2.05, 4.69) is 38.7 Å². The summed E-state index contributed by atoms with van der Waals surface area (Å²) in [4.78, 5) is 17.7. The van der Waals surface area contributed by atoms with Crippen LogP contribution in [-0.2, 0) is 17.4 Å². The molecule has 0 aromatic carbocycles. The van der Waals surface area contributed by atoms with Gasteiger partial charge in [-0.2, -0.15) is 18.2 Å². The van der Waals surface area contributed by atoms with Gasteiger partial charge in [-0.25, -0.2) is 0 Å². The topological polar surface area (TPSA) is 71.3 Å². The molecule has 1 aromatic heterocycles. The summed E-state index contributed by atoms with van der Waals surface area (Å²) in [7, 11) is 0. The second-order valence-electron chi connectivity index (χ2n) is 5.98. The van der Waals surface area contributed by atoms with E-state index in [1.54, 1.807) is 0 Å². The van der Waals surface area contributed by atoms with E-state index >= 15 is 0 Å². The summed E-state index contributed by atoms with van der Waals surface area (Å²) in [5, 5.41) is 6.00. The first-order valence-electron chi connectivity index (χ1n) is 7.69. The molecule has 1 atom stereocenters. The van der Waals surface area contributed by atoms with Crippen LogP contribution in [0.15, 0.2) is 4.52 Å². The molecule has 1 aliphatic rings. The standard InChI is InChI=1S/C14H21F3N4O2/c1-9(2)21-7-3-4-10(8-21)12(22)18-6-5-11-19-13(23-20-11)14(15,16)17/h9-10H,3-8H2,1-2H3,(H,18,22). The molecule has 0 saturated carbocycles. The Bertz CT molecular complexity index is 530. The van der Waals surface area contributed by atoms with Crippen molar-refractivity contribution < 1.29 is 22.5 Å². The number of halogens is 3. The van der Waals surface area contributed by atoms with Gasteiger partial charge in [0.15, 0.2) is 5.82 Å². The number of hydrogen-bond donors (Lipinski definition) is 1. The Hall–Kier alpha value is -1.64. The maximum atomic E-state index is 12.3. The van der Waals surface area contributed by atoms with E-state index in [-0.39, 0.29) is 30.6 Å². The van der Waals surface area contributed by atoms with Gasteiger partial charge in [0.25, 0.3) is 0 Å². The summed E-state index contributed by atoms with van der Waals surface area (Å²) in [5.41, 5.74) is 0. The summed E-state index contributed by atoms with van der Waals surface area (Å²) in [5.74, 6) is -1.58. The lowest BCUT2D eigenvalue weighted by atomic mass is 9.96. The highest BCUT2D eigenvalue weighted by Crippen LogP contribution is 2.27. The van der Waals surface area contributed by atoms with E-state index in [0.717, 1.165) is 19.4 Å². The summed E-state index contributed by atoms with van der Waals surface area (Å²) >= 11 is 0. The average molecular weight is 334 g/mol. The second kappa shape index (κ2) is 7.29. The third kappa shape index (κ3) is 4.92. The summed E-state index contributed by atoms with van der Waals surface area (Å²) in [6.45, 7) is 6.08. The zero-order valence-electron chi connectivity index (χ0n) is 13.2. The minimum atomic E-state index is -4.64. The maximum Gasteiger partial charge on any atom is 0.471 e. The molecule has 1 fully saturated rings.